The number of rotatable bonds is 0. The zero-order chi connectivity index (χ0) is 12.4. The number of nitriles is 1. The molecule has 16 heavy (non-hydrogen) atoms. The van der Waals surface area contributed by atoms with Crippen LogP contribution in [-0.4, -0.2) is 14.1 Å². The average molecular weight is 329 g/mol. The van der Waals surface area contributed by atoms with Gasteiger partial charge in [-0.2, -0.15) is 5.26 Å². The molecule has 2 nitrogen and oxygen atoms in total. The Balaban J connectivity index is 3.24. The predicted octanol–water partition coefficient (Wildman–Crippen LogP) is 3.14. The lowest BCUT2D eigenvalue weighted by atomic mass is 9.89. The number of nitrogens with zero attached hydrogens (tertiary/aromatic N) is 1. The van der Waals surface area contributed by atoms with Gasteiger partial charge < -0.3 is 5.11 Å². The Morgan fingerprint density at radius 1 is 1.00 bits per heavy atom. The first-order valence-electron chi connectivity index (χ1n) is 5.12. The molecule has 1 rings (SSSR count). The molecule has 0 radical (unpaired) electrons. The van der Waals surface area contributed by atoms with Crippen LogP contribution in [0.15, 0.2) is 36.5 Å². The first kappa shape index (κ1) is 13.5. The van der Waals surface area contributed by atoms with E-state index in [1.165, 1.54) is 0 Å². The molecule has 0 heterocycles. The summed E-state index contributed by atoms with van der Waals surface area (Å²) in [5.74, 6) is 0. The third-order valence-electron chi connectivity index (χ3n) is 2.51. The van der Waals surface area contributed by atoms with Gasteiger partial charge in [0.2, 0.25) is 0 Å². The van der Waals surface area contributed by atoms with Crippen LogP contribution in [0.1, 0.15) is 20.8 Å². The number of alkyl halides is 1. The molecule has 0 aromatic heterocycles. The van der Waals surface area contributed by atoms with Crippen LogP contribution < -0.4 is 0 Å². The zero-order valence-electron chi connectivity index (χ0n) is 9.74. The van der Waals surface area contributed by atoms with Gasteiger partial charge in [0.1, 0.15) is 0 Å². The van der Waals surface area contributed by atoms with Gasteiger partial charge in [0.05, 0.1) is 20.5 Å². The van der Waals surface area contributed by atoms with E-state index in [4.69, 9.17) is 5.26 Å². The monoisotopic (exact) mass is 329 g/mol. The molecule has 3 atom stereocenters. The first-order chi connectivity index (χ1) is 7.18. The highest BCUT2D eigenvalue weighted by Gasteiger charge is 2.24. The lowest BCUT2D eigenvalue weighted by Gasteiger charge is -2.16. The van der Waals surface area contributed by atoms with E-state index in [1.54, 1.807) is 25.2 Å². The molecular formula is C13H16INO. The van der Waals surface area contributed by atoms with E-state index in [2.05, 4.69) is 28.7 Å². The Hall–Kier alpha value is -0.600. The van der Waals surface area contributed by atoms with Crippen LogP contribution in [0, 0.1) is 16.7 Å². The Bertz CT molecular complexity index is 369. The molecule has 1 N–H and O–H groups in total. The molecule has 0 fully saturated rings. The van der Waals surface area contributed by atoms with Crippen LogP contribution in [0.25, 0.3) is 0 Å². The molecule has 86 valence electrons. The van der Waals surface area contributed by atoms with E-state index in [1.807, 2.05) is 32.1 Å². The lowest BCUT2D eigenvalue weighted by molar-refractivity contribution is 0.163. The number of halogens is 1. The Morgan fingerprint density at radius 3 is 2.00 bits per heavy atom. The summed E-state index contributed by atoms with van der Waals surface area (Å²) in [6.45, 7) is 5.56. The summed E-state index contributed by atoms with van der Waals surface area (Å²) in [6, 6.07) is 2.24. The maximum absolute atomic E-state index is 10.1. The summed E-state index contributed by atoms with van der Waals surface area (Å²) < 4.78 is -0.189. The zero-order valence-corrected chi connectivity index (χ0v) is 11.9. The summed E-state index contributed by atoms with van der Waals surface area (Å²) >= 11 is 2.28. The smallest absolute Gasteiger partial charge is 0.0981 e. The summed E-state index contributed by atoms with van der Waals surface area (Å²) in [6.07, 6.45) is 11.0. The van der Waals surface area contributed by atoms with Gasteiger partial charge in [-0.1, -0.05) is 59.0 Å². The Kier molecular flexibility index (Phi) is 3.65. The minimum absolute atomic E-state index is 0.189. The van der Waals surface area contributed by atoms with Crippen molar-refractivity contribution in [1.82, 2.24) is 0 Å². The van der Waals surface area contributed by atoms with Crippen LogP contribution in [-0.2, 0) is 0 Å². The summed E-state index contributed by atoms with van der Waals surface area (Å²) in [5.41, 5.74) is -1.67. The number of hydrogen-bond donors (Lipinski definition) is 1. The van der Waals surface area contributed by atoms with Gasteiger partial charge in [-0.15, -0.1) is 0 Å². The van der Waals surface area contributed by atoms with Gasteiger partial charge in [0, 0.05) is 0 Å². The number of aliphatic hydroxyl groups is 1. The Morgan fingerprint density at radius 2 is 1.44 bits per heavy atom. The molecule has 0 aliphatic heterocycles. The van der Waals surface area contributed by atoms with Crippen molar-refractivity contribution in [1.29, 1.82) is 5.26 Å². The maximum Gasteiger partial charge on any atom is 0.0981 e. The normalized spacial score (nSPS) is 49.2. The maximum atomic E-state index is 10.1. The van der Waals surface area contributed by atoms with E-state index < -0.39 is 11.0 Å². The van der Waals surface area contributed by atoms with Crippen LogP contribution in [0.4, 0.5) is 0 Å². The fraction of sp³-hybridized carbons (Fsp3) is 0.462. The molecule has 3 heteroatoms. The van der Waals surface area contributed by atoms with Crippen molar-refractivity contribution < 1.29 is 5.11 Å². The van der Waals surface area contributed by atoms with Crippen LogP contribution >= 0.6 is 22.6 Å². The molecule has 0 aromatic carbocycles. The van der Waals surface area contributed by atoms with Crippen molar-refractivity contribution in [3.05, 3.63) is 36.5 Å². The van der Waals surface area contributed by atoms with Crippen molar-refractivity contribution in [3.8, 4) is 6.07 Å². The molecule has 3 unspecified atom stereocenters. The molecule has 0 aromatic rings. The second kappa shape index (κ2) is 4.34. The molecule has 0 amide bonds. The van der Waals surface area contributed by atoms with E-state index in [0.717, 1.165) is 0 Å². The molecular weight excluding hydrogens is 313 g/mol. The summed E-state index contributed by atoms with van der Waals surface area (Å²) in [5, 5.41) is 19.2. The quantitative estimate of drug-likeness (QED) is 0.422. The minimum Gasteiger partial charge on any atom is -0.382 e. The third-order valence-corrected chi connectivity index (χ3v) is 3.23. The van der Waals surface area contributed by atoms with Gasteiger partial charge in [-0.3, -0.25) is 0 Å². The van der Waals surface area contributed by atoms with Crippen LogP contribution in [0.3, 0.4) is 0 Å². The Labute approximate surface area is 110 Å². The van der Waals surface area contributed by atoms with E-state index >= 15 is 0 Å². The van der Waals surface area contributed by atoms with Crippen molar-refractivity contribution in [3.63, 3.8) is 0 Å². The first-order valence-corrected chi connectivity index (χ1v) is 6.20. The van der Waals surface area contributed by atoms with Crippen molar-refractivity contribution >= 4 is 22.6 Å². The van der Waals surface area contributed by atoms with Gasteiger partial charge in [0.15, 0.2) is 0 Å². The summed E-state index contributed by atoms with van der Waals surface area (Å²) in [4.78, 5) is 0. The standard InChI is InChI=1S/C13H16INO/c1-11(10-15)4-6-12(2,14)7-9-13(3,16)8-5-11/h4-9,16H,1-3H3/b6-4-,8-5-,9-7-. The predicted molar refractivity (Wildman–Crippen MR) is 74.2 cm³/mol. The second-order valence-electron chi connectivity index (χ2n) is 4.77. The third kappa shape index (κ3) is 3.76. The van der Waals surface area contributed by atoms with Gasteiger partial charge in [-0.25, -0.2) is 0 Å². The van der Waals surface area contributed by atoms with Crippen molar-refractivity contribution in [2.24, 2.45) is 5.41 Å². The van der Waals surface area contributed by atoms with E-state index in [-0.39, 0.29) is 3.42 Å². The second-order valence-corrected chi connectivity index (χ2v) is 7.10. The van der Waals surface area contributed by atoms with Gasteiger partial charge in [-0.05, 0) is 20.8 Å². The van der Waals surface area contributed by atoms with Gasteiger partial charge >= 0.3 is 0 Å². The SMILES string of the molecule is CC1(O)/C=C\C(C)(I)/C=C\C(C)(C#N)/C=C\1. The minimum atomic E-state index is -1.00. The molecule has 0 spiro atoms. The summed E-state index contributed by atoms with van der Waals surface area (Å²) in [7, 11) is 0. The number of allylic oxidation sites excluding steroid dienone is 4. The largest absolute Gasteiger partial charge is 0.382 e. The molecule has 0 saturated heterocycles. The molecule has 1 aliphatic carbocycles. The van der Waals surface area contributed by atoms with Crippen molar-refractivity contribution in [2.45, 2.75) is 29.8 Å². The van der Waals surface area contributed by atoms with E-state index in [0.29, 0.717) is 0 Å². The van der Waals surface area contributed by atoms with E-state index in [9.17, 15) is 5.11 Å². The van der Waals surface area contributed by atoms with Crippen LogP contribution in [0.2, 0.25) is 0 Å². The highest BCUT2D eigenvalue weighted by Crippen LogP contribution is 2.30. The fourth-order valence-corrected chi connectivity index (χ4v) is 1.61. The lowest BCUT2D eigenvalue weighted by Crippen LogP contribution is -2.19. The molecule has 1 aliphatic rings. The fourth-order valence-electron chi connectivity index (χ4n) is 1.25. The molecule has 0 saturated carbocycles. The van der Waals surface area contributed by atoms with Crippen molar-refractivity contribution in [2.75, 3.05) is 0 Å². The highest BCUT2D eigenvalue weighted by molar-refractivity contribution is 14.1. The number of hydrogen-bond acceptors (Lipinski definition) is 2. The highest BCUT2D eigenvalue weighted by atomic mass is 127. The van der Waals surface area contributed by atoms with Crippen LogP contribution in [0.5, 0.6) is 0 Å². The topological polar surface area (TPSA) is 44.0 Å². The van der Waals surface area contributed by atoms with Gasteiger partial charge in [0.25, 0.3) is 0 Å². The average Bonchev–Trinajstić information content (AvgIpc) is 2.24. The molecule has 0 bridgehead atoms.